The minimum atomic E-state index is -5.06. The Kier molecular flexibility index (Phi) is 3.96. The van der Waals surface area contributed by atoms with E-state index in [2.05, 4.69) is 9.72 Å². The van der Waals surface area contributed by atoms with Gasteiger partial charge in [-0.15, -0.1) is 13.2 Å². The lowest BCUT2D eigenvalue weighted by molar-refractivity contribution is -0.275. The molecule has 10 heteroatoms. The average Bonchev–Trinajstić information content (AvgIpc) is 2.13. The van der Waals surface area contributed by atoms with E-state index in [0.29, 0.717) is 6.20 Å². The van der Waals surface area contributed by atoms with Crippen molar-refractivity contribution in [2.75, 3.05) is 7.11 Å². The molecule has 0 amide bonds. The minimum Gasteiger partial charge on any atom is -0.481 e. The van der Waals surface area contributed by atoms with Crippen LogP contribution in [0.15, 0.2) is 11.1 Å². The second-order valence-corrected chi connectivity index (χ2v) is 5.57. The highest BCUT2D eigenvalue weighted by Crippen LogP contribution is 2.36. The summed E-state index contributed by atoms with van der Waals surface area (Å²) in [6, 6.07) is 0. The van der Waals surface area contributed by atoms with Crippen molar-refractivity contribution in [3.05, 3.63) is 11.8 Å². The zero-order valence-corrected chi connectivity index (χ0v) is 10.7. The van der Waals surface area contributed by atoms with Gasteiger partial charge in [0.1, 0.15) is 4.90 Å². The lowest BCUT2D eigenvalue weighted by atomic mass is 10.3. The van der Waals surface area contributed by atoms with Gasteiger partial charge in [-0.1, -0.05) is 0 Å². The zero-order valence-electron chi connectivity index (χ0n) is 9.08. The Morgan fingerprint density at radius 3 is 2.33 bits per heavy atom. The third kappa shape index (κ3) is 3.39. The summed E-state index contributed by atoms with van der Waals surface area (Å²) in [4.78, 5) is 2.66. The molecule has 0 spiro atoms. The molecule has 0 saturated heterocycles. The molecule has 0 aliphatic carbocycles. The van der Waals surface area contributed by atoms with Gasteiger partial charge in [-0.05, 0) is 6.92 Å². The molecule has 0 bridgehead atoms. The number of ether oxygens (including phenoxy) is 2. The van der Waals surface area contributed by atoms with Crippen LogP contribution in [0.4, 0.5) is 13.2 Å². The number of rotatable bonds is 3. The molecule has 0 saturated carbocycles. The fourth-order valence-corrected chi connectivity index (χ4v) is 2.62. The second kappa shape index (κ2) is 4.81. The zero-order chi connectivity index (χ0) is 14.1. The van der Waals surface area contributed by atoms with Crippen molar-refractivity contribution in [1.29, 1.82) is 0 Å². The Morgan fingerprint density at radius 1 is 1.39 bits per heavy atom. The van der Waals surface area contributed by atoms with Crippen LogP contribution in [0, 0.1) is 6.92 Å². The van der Waals surface area contributed by atoms with Gasteiger partial charge in [0, 0.05) is 16.2 Å². The van der Waals surface area contributed by atoms with E-state index in [0.717, 1.165) is 0 Å². The van der Waals surface area contributed by atoms with Crippen LogP contribution < -0.4 is 9.47 Å². The number of nitrogens with zero attached hydrogens (tertiary/aromatic N) is 1. The Hall–Kier alpha value is -1.22. The van der Waals surface area contributed by atoms with Crippen molar-refractivity contribution < 1.29 is 31.1 Å². The Morgan fingerprint density at radius 2 is 1.94 bits per heavy atom. The smallest absolute Gasteiger partial charge is 0.481 e. The molecular formula is C8H7ClF3NO4S. The highest BCUT2D eigenvalue weighted by atomic mass is 35.7. The lowest BCUT2D eigenvalue weighted by Gasteiger charge is -2.14. The summed E-state index contributed by atoms with van der Waals surface area (Å²) in [5, 5.41) is 0. The predicted molar refractivity (Wildman–Crippen MR) is 55.2 cm³/mol. The molecule has 1 aromatic heterocycles. The number of halogens is 4. The molecule has 5 nitrogen and oxygen atoms in total. The number of pyridine rings is 1. The molecule has 0 aliphatic rings. The predicted octanol–water partition coefficient (Wildman–Crippen LogP) is 2.22. The van der Waals surface area contributed by atoms with E-state index >= 15 is 0 Å². The quantitative estimate of drug-likeness (QED) is 0.801. The van der Waals surface area contributed by atoms with Crippen LogP contribution in [0.1, 0.15) is 5.56 Å². The maximum Gasteiger partial charge on any atom is 0.573 e. The summed E-state index contributed by atoms with van der Waals surface area (Å²) in [6.45, 7) is 1.20. The molecule has 0 N–H and O–H groups in total. The second-order valence-electron chi connectivity index (χ2n) is 3.07. The molecule has 0 aliphatic heterocycles. The van der Waals surface area contributed by atoms with Crippen LogP contribution in [-0.2, 0) is 9.05 Å². The number of alkyl halides is 3. The Bertz CT molecular complexity index is 558. The maximum atomic E-state index is 12.1. The lowest BCUT2D eigenvalue weighted by Crippen LogP contribution is -2.19. The first-order valence-electron chi connectivity index (χ1n) is 4.30. The summed E-state index contributed by atoms with van der Waals surface area (Å²) in [7, 11) is 1.81. The van der Waals surface area contributed by atoms with Gasteiger partial charge >= 0.3 is 6.36 Å². The van der Waals surface area contributed by atoms with E-state index in [4.69, 9.17) is 15.4 Å². The van der Waals surface area contributed by atoms with E-state index in [1.807, 2.05) is 0 Å². The van der Waals surface area contributed by atoms with E-state index in [9.17, 15) is 21.6 Å². The van der Waals surface area contributed by atoms with Crippen LogP contribution in [0.3, 0.4) is 0 Å². The first kappa shape index (κ1) is 14.8. The molecule has 18 heavy (non-hydrogen) atoms. The van der Waals surface area contributed by atoms with Crippen LogP contribution in [0.2, 0.25) is 0 Å². The molecule has 0 atom stereocenters. The van der Waals surface area contributed by atoms with Gasteiger partial charge in [0.25, 0.3) is 9.05 Å². The van der Waals surface area contributed by atoms with Gasteiger partial charge < -0.3 is 9.47 Å². The topological polar surface area (TPSA) is 65.5 Å². The molecule has 0 radical (unpaired) electrons. The van der Waals surface area contributed by atoms with Gasteiger partial charge in [0.05, 0.1) is 13.3 Å². The molecule has 0 fully saturated rings. The Labute approximate surface area is 105 Å². The van der Waals surface area contributed by atoms with Gasteiger partial charge in [-0.3, -0.25) is 0 Å². The molecule has 1 heterocycles. The van der Waals surface area contributed by atoms with Gasteiger partial charge in [-0.2, -0.15) is 0 Å². The van der Waals surface area contributed by atoms with E-state index < -0.39 is 26.1 Å². The van der Waals surface area contributed by atoms with Crippen molar-refractivity contribution in [3.8, 4) is 11.6 Å². The van der Waals surface area contributed by atoms with Gasteiger partial charge in [-0.25, -0.2) is 13.4 Å². The fraction of sp³-hybridized carbons (Fsp3) is 0.375. The summed E-state index contributed by atoms with van der Waals surface area (Å²) in [5.74, 6) is -1.17. The number of aromatic nitrogens is 1. The highest BCUT2D eigenvalue weighted by molar-refractivity contribution is 8.13. The van der Waals surface area contributed by atoms with Crippen molar-refractivity contribution in [3.63, 3.8) is 0 Å². The first-order valence-corrected chi connectivity index (χ1v) is 6.61. The van der Waals surface area contributed by atoms with Crippen molar-refractivity contribution in [2.45, 2.75) is 18.2 Å². The molecular weight excluding hydrogens is 299 g/mol. The van der Waals surface area contributed by atoms with Crippen LogP contribution in [0.25, 0.3) is 0 Å². The maximum absolute atomic E-state index is 12.1. The van der Waals surface area contributed by atoms with Crippen LogP contribution in [0.5, 0.6) is 11.6 Å². The largest absolute Gasteiger partial charge is 0.573 e. The average molecular weight is 306 g/mol. The number of hydrogen-bond donors (Lipinski definition) is 0. The van der Waals surface area contributed by atoms with Crippen molar-refractivity contribution in [1.82, 2.24) is 4.98 Å². The number of methoxy groups -OCH3 is 1. The van der Waals surface area contributed by atoms with Crippen LogP contribution in [-0.4, -0.2) is 26.9 Å². The highest BCUT2D eigenvalue weighted by Gasteiger charge is 2.35. The van der Waals surface area contributed by atoms with Gasteiger partial charge in [0.2, 0.25) is 5.88 Å². The first-order chi connectivity index (χ1) is 8.06. The Balaban J connectivity index is 3.50. The van der Waals surface area contributed by atoms with Crippen molar-refractivity contribution >= 4 is 19.7 Å². The van der Waals surface area contributed by atoms with E-state index in [1.54, 1.807) is 0 Å². The fourth-order valence-electron chi connectivity index (χ4n) is 1.26. The number of hydrogen-bond acceptors (Lipinski definition) is 5. The van der Waals surface area contributed by atoms with E-state index in [-0.39, 0.29) is 11.4 Å². The third-order valence-corrected chi connectivity index (χ3v) is 3.31. The van der Waals surface area contributed by atoms with E-state index in [1.165, 1.54) is 14.0 Å². The standard InChI is InChI=1S/C8H7ClF3NO4S/c1-4-6(18(9,14)15)5(17-8(10,11)12)3-13-7(4)16-2/h3H,1-2H3. The third-order valence-electron chi connectivity index (χ3n) is 1.85. The molecule has 102 valence electrons. The monoisotopic (exact) mass is 305 g/mol. The summed E-state index contributed by atoms with van der Waals surface area (Å²) >= 11 is 0. The molecule has 0 unspecified atom stereocenters. The molecule has 0 aromatic carbocycles. The van der Waals surface area contributed by atoms with Crippen LogP contribution >= 0.6 is 10.7 Å². The SMILES string of the molecule is COc1ncc(OC(F)(F)F)c(S(=O)(=O)Cl)c1C. The summed E-state index contributed by atoms with van der Waals surface area (Å²) in [5.41, 5.74) is -0.172. The van der Waals surface area contributed by atoms with Gasteiger partial charge in [0.15, 0.2) is 5.75 Å². The molecule has 1 aromatic rings. The molecule has 1 rings (SSSR count). The summed E-state index contributed by atoms with van der Waals surface area (Å²) < 4.78 is 67.1. The normalized spacial score (nSPS) is 12.3. The summed E-state index contributed by atoms with van der Waals surface area (Å²) in [6.07, 6.45) is -4.48. The van der Waals surface area contributed by atoms with Crippen molar-refractivity contribution in [2.24, 2.45) is 0 Å². The minimum absolute atomic E-state index is 0.163.